The smallest absolute Gasteiger partial charge is 0.0277 e. The fourth-order valence-corrected chi connectivity index (χ4v) is 2.00. The Morgan fingerprint density at radius 2 is 2.17 bits per heavy atom. The zero-order valence-electron chi connectivity index (χ0n) is 7.46. The van der Waals surface area contributed by atoms with Crippen LogP contribution in [0.5, 0.6) is 0 Å². The molecule has 0 aromatic heterocycles. The fraction of sp³-hybridized carbons (Fsp3) is 0.455. The van der Waals surface area contributed by atoms with E-state index in [4.69, 9.17) is 0 Å². The molecule has 2 rings (SSSR count). The van der Waals surface area contributed by atoms with E-state index in [2.05, 4.69) is 29.6 Å². The number of nitrogens with zero attached hydrogens (tertiary/aromatic N) is 1. The molecule has 64 valence electrons. The third-order valence-electron chi connectivity index (χ3n) is 2.65. The van der Waals surface area contributed by atoms with Crippen molar-refractivity contribution in [2.24, 2.45) is 0 Å². The van der Waals surface area contributed by atoms with Crippen LogP contribution in [-0.2, 0) is 6.42 Å². The molecular formula is C11H14N-. The van der Waals surface area contributed by atoms with Crippen molar-refractivity contribution in [3.8, 4) is 0 Å². The molecule has 0 N–H and O–H groups in total. The first-order valence-corrected chi connectivity index (χ1v) is 4.58. The number of hydrogen-bond acceptors (Lipinski definition) is 0. The van der Waals surface area contributed by atoms with Crippen LogP contribution in [0.2, 0.25) is 0 Å². The summed E-state index contributed by atoms with van der Waals surface area (Å²) in [5, 5.41) is 4.39. The summed E-state index contributed by atoms with van der Waals surface area (Å²) in [6.07, 6.45) is 3.76. The standard InChI is InChI=1S/C11H14N/c1-12-11-8-4-6-9-5-2-3-7-10(9)11/h2-3,5,7,11H,4,6,8H2,1H3/q-1/t11-/m0/s1. The van der Waals surface area contributed by atoms with Crippen LogP contribution >= 0.6 is 0 Å². The van der Waals surface area contributed by atoms with Crippen LogP contribution in [0.15, 0.2) is 24.3 Å². The maximum absolute atomic E-state index is 4.39. The molecule has 1 aliphatic carbocycles. The molecule has 0 radical (unpaired) electrons. The van der Waals surface area contributed by atoms with Crippen molar-refractivity contribution in [3.63, 3.8) is 0 Å². The average Bonchev–Trinajstić information content (AvgIpc) is 2.17. The van der Waals surface area contributed by atoms with E-state index in [-0.39, 0.29) is 0 Å². The summed E-state index contributed by atoms with van der Waals surface area (Å²) in [5.41, 5.74) is 2.95. The molecule has 1 aliphatic rings. The van der Waals surface area contributed by atoms with Gasteiger partial charge in [-0.15, -0.1) is 6.04 Å². The van der Waals surface area contributed by atoms with Crippen LogP contribution in [0, 0.1) is 0 Å². The normalized spacial score (nSPS) is 21.9. The second-order valence-electron chi connectivity index (χ2n) is 3.37. The van der Waals surface area contributed by atoms with Crippen molar-refractivity contribution in [2.45, 2.75) is 25.3 Å². The van der Waals surface area contributed by atoms with E-state index in [1.54, 1.807) is 0 Å². The van der Waals surface area contributed by atoms with Crippen LogP contribution in [0.4, 0.5) is 0 Å². The second-order valence-corrected chi connectivity index (χ2v) is 3.37. The molecule has 0 fully saturated rings. The summed E-state index contributed by atoms with van der Waals surface area (Å²) in [6, 6.07) is 9.15. The van der Waals surface area contributed by atoms with Gasteiger partial charge in [-0.25, -0.2) is 0 Å². The van der Waals surface area contributed by atoms with E-state index in [0.717, 1.165) is 0 Å². The first kappa shape index (κ1) is 7.81. The van der Waals surface area contributed by atoms with Gasteiger partial charge in [-0.3, -0.25) is 0 Å². The first-order valence-electron chi connectivity index (χ1n) is 4.58. The highest BCUT2D eigenvalue weighted by molar-refractivity contribution is 5.34. The molecule has 0 aliphatic heterocycles. The topological polar surface area (TPSA) is 14.1 Å². The Labute approximate surface area is 73.8 Å². The van der Waals surface area contributed by atoms with Gasteiger partial charge in [0, 0.05) is 0 Å². The Hall–Kier alpha value is -0.820. The van der Waals surface area contributed by atoms with Crippen molar-refractivity contribution in [1.29, 1.82) is 0 Å². The van der Waals surface area contributed by atoms with Gasteiger partial charge in [-0.05, 0) is 12.0 Å². The zero-order chi connectivity index (χ0) is 8.39. The molecule has 0 unspecified atom stereocenters. The van der Waals surface area contributed by atoms with Gasteiger partial charge in [0.2, 0.25) is 0 Å². The van der Waals surface area contributed by atoms with E-state index in [1.807, 2.05) is 7.05 Å². The molecule has 0 saturated heterocycles. The van der Waals surface area contributed by atoms with Crippen LogP contribution in [0.25, 0.3) is 5.32 Å². The quantitative estimate of drug-likeness (QED) is 0.599. The molecular weight excluding hydrogens is 146 g/mol. The van der Waals surface area contributed by atoms with Gasteiger partial charge >= 0.3 is 0 Å². The van der Waals surface area contributed by atoms with E-state index in [1.165, 1.54) is 30.4 Å². The SMILES string of the molecule is C[N-][C@H]1CCCc2ccccc21. The molecule has 1 atom stereocenters. The lowest BCUT2D eigenvalue weighted by Gasteiger charge is -2.34. The molecule has 12 heavy (non-hydrogen) atoms. The Bertz CT molecular complexity index is 267. The van der Waals surface area contributed by atoms with Crippen LogP contribution in [0.3, 0.4) is 0 Å². The molecule has 0 bridgehead atoms. The minimum absolute atomic E-state index is 0.468. The van der Waals surface area contributed by atoms with Crippen LogP contribution < -0.4 is 0 Å². The Morgan fingerprint density at radius 3 is 3.00 bits per heavy atom. The number of hydrogen-bond donors (Lipinski definition) is 0. The maximum atomic E-state index is 4.39. The van der Waals surface area contributed by atoms with Gasteiger partial charge in [0.25, 0.3) is 0 Å². The summed E-state index contributed by atoms with van der Waals surface area (Å²) in [7, 11) is 1.92. The van der Waals surface area contributed by atoms with Crippen molar-refractivity contribution in [1.82, 2.24) is 0 Å². The lowest BCUT2D eigenvalue weighted by Crippen LogP contribution is -2.07. The zero-order valence-corrected chi connectivity index (χ0v) is 7.46. The summed E-state index contributed by atoms with van der Waals surface area (Å²) >= 11 is 0. The maximum Gasteiger partial charge on any atom is -0.0277 e. The fourth-order valence-electron chi connectivity index (χ4n) is 2.00. The van der Waals surface area contributed by atoms with Crippen molar-refractivity contribution < 1.29 is 0 Å². The molecule has 1 heteroatoms. The highest BCUT2D eigenvalue weighted by Gasteiger charge is 2.11. The molecule has 0 heterocycles. The average molecular weight is 160 g/mol. The molecule has 1 aromatic carbocycles. The summed E-state index contributed by atoms with van der Waals surface area (Å²) in [4.78, 5) is 0. The molecule has 1 aromatic rings. The van der Waals surface area contributed by atoms with Crippen LogP contribution in [-0.4, -0.2) is 7.05 Å². The highest BCUT2D eigenvalue weighted by Crippen LogP contribution is 2.33. The Balaban J connectivity index is 2.37. The second kappa shape index (κ2) is 3.28. The van der Waals surface area contributed by atoms with Crippen LogP contribution in [0.1, 0.15) is 30.0 Å². The van der Waals surface area contributed by atoms with Gasteiger partial charge in [-0.1, -0.05) is 42.7 Å². The number of fused-ring (bicyclic) bond motifs is 1. The number of rotatable bonds is 1. The predicted molar refractivity (Wildman–Crippen MR) is 51.4 cm³/mol. The summed E-state index contributed by atoms with van der Waals surface area (Å²) in [6.45, 7) is 0. The Morgan fingerprint density at radius 1 is 1.33 bits per heavy atom. The summed E-state index contributed by atoms with van der Waals surface area (Å²) in [5.74, 6) is 0. The Kier molecular flexibility index (Phi) is 2.13. The third kappa shape index (κ3) is 1.25. The van der Waals surface area contributed by atoms with Gasteiger partial charge in [0.05, 0.1) is 0 Å². The highest BCUT2D eigenvalue weighted by atomic mass is 14.9. The lowest BCUT2D eigenvalue weighted by molar-refractivity contribution is 0.613. The van der Waals surface area contributed by atoms with Gasteiger partial charge in [-0.2, -0.15) is 7.05 Å². The van der Waals surface area contributed by atoms with E-state index >= 15 is 0 Å². The first-order chi connectivity index (χ1) is 5.92. The van der Waals surface area contributed by atoms with Crippen molar-refractivity contribution in [2.75, 3.05) is 7.05 Å². The minimum Gasteiger partial charge on any atom is -0.658 e. The van der Waals surface area contributed by atoms with Gasteiger partial charge < -0.3 is 5.32 Å². The van der Waals surface area contributed by atoms with Crippen molar-refractivity contribution >= 4 is 0 Å². The third-order valence-corrected chi connectivity index (χ3v) is 2.65. The molecule has 0 spiro atoms. The van der Waals surface area contributed by atoms with Gasteiger partial charge in [0.1, 0.15) is 0 Å². The minimum atomic E-state index is 0.468. The summed E-state index contributed by atoms with van der Waals surface area (Å²) < 4.78 is 0. The molecule has 0 saturated carbocycles. The number of aryl methyl sites for hydroxylation is 1. The molecule has 1 nitrogen and oxygen atoms in total. The monoisotopic (exact) mass is 160 g/mol. The van der Waals surface area contributed by atoms with E-state index in [9.17, 15) is 0 Å². The molecule has 0 amide bonds. The predicted octanol–water partition coefficient (Wildman–Crippen LogP) is 3.07. The van der Waals surface area contributed by atoms with E-state index < -0.39 is 0 Å². The number of benzene rings is 1. The lowest BCUT2D eigenvalue weighted by atomic mass is 9.88. The van der Waals surface area contributed by atoms with Crippen molar-refractivity contribution in [3.05, 3.63) is 40.7 Å². The van der Waals surface area contributed by atoms with Gasteiger partial charge in [0.15, 0.2) is 0 Å². The van der Waals surface area contributed by atoms with E-state index in [0.29, 0.717) is 6.04 Å². The largest absolute Gasteiger partial charge is 0.658 e.